The van der Waals surface area contributed by atoms with E-state index in [2.05, 4.69) is 0 Å². The van der Waals surface area contributed by atoms with Crippen LogP contribution >= 0.6 is 0 Å². The van der Waals surface area contributed by atoms with Gasteiger partial charge in [-0.3, -0.25) is 0 Å². The maximum atomic E-state index is 12.1. The molecular formula is C5H6F5NO2. The van der Waals surface area contributed by atoms with E-state index in [4.69, 9.17) is 5.11 Å². The van der Waals surface area contributed by atoms with Crippen molar-refractivity contribution >= 4 is 5.97 Å². The smallest absolute Gasteiger partial charge is 0.401 e. The molecular weight excluding hydrogens is 201 g/mol. The Hall–Kier alpha value is -0.920. The summed E-state index contributed by atoms with van der Waals surface area (Å²) < 4.78 is 58.3. The molecule has 0 bridgehead atoms. The van der Waals surface area contributed by atoms with Crippen molar-refractivity contribution in [3.63, 3.8) is 0 Å². The van der Waals surface area contributed by atoms with Crippen LogP contribution in [0.2, 0.25) is 0 Å². The topological polar surface area (TPSA) is 49.3 Å². The van der Waals surface area contributed by atoms with Gasteiger partial charge in [-0.2, -0.15) is 22.0 Å². The summed E-state index contributed by atoms with van der Waals surface area (Å²) in [5.74, 6) is -6.63. The molecule has 0 heterocycles. The van der Waals surface area contributed by atoms with E-state index in [0.29, 0.717) is 0 Å². The van der Waals surface area contributed by atoms with Gasteiger partial charge in [0.05, 0.1) is 13.1 Å². The highest BCUT2D eigenvalue weighted by atomic mass is 19.4. The molecule has 0 radical (unpaired) electrons. The summed E-state index contributed by atoms with van der Waals surface area (Å²) in [5.41, 5.74) is 0. The van der Waals surface area contributed by atoms with Crippen LogP contribution in [0.3, 0.4) is 0 Å². The van der Waals surface area contributed by atoms with E-state index in [1.807, 2.05) is 0 Å². The number of carboxylic acids is 1. The van der Waals surface area contributed by atoms with Crippen molar-refractivity contribution in [2.24, 2.45) is 0 Å². The summed E-state index contributed by atoms with van der Waals surface area (Å²) in [5, 5.41) is 9.09. The Kier molecular flexibility index (Phi) is 3.59. The third-order valence-corrected chi connectivity index (χ3v) is 0.985. The fourth-order valence-corrected chi connectivity index (χ4v) is 0.437. The summed E-state index contributed by atoms with van der Waals surface area (Å²) >= 11 is 0. The van der Waals surface area contributed by atoms with Gasteiger partial charge in [-0.25, -0.2) is 4.79 Å². The van der Waals surface area contributed by atoms with Crippen LogP contribution < -0.4 is 5.32 Å². The minimum absolute atomic E-state index is 1.29. The molecule has 2 N–H and O–H groups in total. The second-order valence-corrected chi connectivity index (χ2v) is 2.23. The molecule has 0 amide bonds. The van der Waals surface area contributed by atoms with E-state index >= 15 is 0 Å². The van der Waals surface area contributed by atoms with Crippen molar-refractivity contribution in [3.8, 4) is 0 Å². The third kappa shape index (κ3) is 5.34. The van der Waals surface area contributed by atoms with Crippen LogP contribution in [-0.2, 0) is 4.79 Å². The van der Waals surface area contributed by atoms with Gasteiger partial charge >= 0.3 is 18.1 Å². The largest absolute Gasteiger partial charge is 0.477 e. The highest BCUT2D eigenvalue weighted by molar-refractivity contribution is 5.75. The zero-order valence-corrected chi connectivity index (χ0v) is 6.16. The second kappa shape index (κ2) is 3.86. The first-order chi connectivity index (χ1) is 5.65. The van der Waals surface area contributed by atoms with Crippen LogP contribution in [0.5, 0.6) is 0 Å². The summed E-state index contributed by atoms with van der Waals surface area (Å²) in [6.45, 7) is -3.18. The van der Waals surface area contributed by atoms with Gasteiger partial charge in [0.2, 0.25) is 0 Å². The van der Waals surface area contributed by atoms with Crippen molar-refractivity contribution in [1.82, 2.24) is 5.32 Å². The van der Waals surface area contributed by atoms with Crippen LogP contribution in [0.1, 0.15) is 0 Å². The maximum absolute atomic E-state index is 12.1. The van der Waals surface area contributed by atoms with E-state index < -0.39 is 31.2 Å². The van der Waals surface area contributed by atoms with Crippen molar-refractivity contribution < 1.29 is 31.9 Å². The lowest BCUT2D eigenvalue weighted by Crippen LogP contribution is -2.42. The van der Waals surface area contributed by atoms with Gasteiger partial charge < -0.3 is 10.4 Å². The third-order valence-electron chi connectivity index (χ3n) is 0.985. The van der Waals surface area contributed by atoms with Gasteiger partial charge in [-0.1, -0.05) is 0 Å². The highest BCUT2D eigenvalue weighted by Gasteiger charge is 2.39. The number of carbonyl (C=O) groups is 1. The molecule has 0 aromatic heterocycles. The molecule has 13 heavy (non-hydrogen) atoms. The van der Waals surface area contributed by atoms with E-state index in [1.165, 1.54) is 5.32 Å². The average molecular weight is 207 g/mol. The van der Waals surface area contributed by atoms with Crippen LogP contribution in [0.25, 0.3) is 0 Å². The molecule has 8 heteroatoms. The number of alkyl halides is 5. The second-order valence-electron chi connectivity index (χ2n) is 2.23. The van der Waals surface area contributed by atoms with Crippen molar-refractivity contribution in [2.75, 3.05) is 13.1 Å². The minimum Gasteiger partial charge on any atom is -0.477 e. The zero-order chi connectivity index (χ0) is 10.7. The first-order valence-corrected chi connectivity index (χ1v) is 3.04. The van der Waals surface area contributed by atoms with Crippen molar-refractivity contribution in [1.29, 1.82) is 0 Å². The lowest BCUT2D eigenvalue weighted by atomic mass is 10.3. The first-order valence-electron chi connectivity index (χ1n) is 3.04. The Bertz CT molecular complexity index is 190. The fourth-order valence-electron chi connectivity index (χ4n) is 0.437. The number of rotatable bonds is 4. The van der Waals surface area contributed by atoms with Gasteiger partial charge in [-0.15, -0.1) is 0 Å². The number of hydrogen-bond donors (Lipinski definition) is 2. The predicted octanol–water partition coefficient (Wildman–Crippen LogP) is 0.858. The van der Waals surface area contributed by atoms with Gasteiger partial charge in [0.15, 0.2) is 0 Å². The summed E-state index contributed by atoms with van der Waals surface area (Å²) in [7, 11) is 0. The lowest BCUT2D eigenvalue weighted by Gasteiger charge is -2.13. The SMILES string of the molecule is O=C(O)C(F)(F)CNCC(F)(F)F. The van der Waals surface area contributed by atoms with Gasteiger partial charge in [0.25, 0.3) is 0 Å². The Balaban J connectivity index is 3.84. The first kappa shape index (κ1) is 12.1. The minimum atomic E-state index is -4.63. The number of halogens is 5. The fraction of sp³-hybridized carbons (Fsp3) is 0.800. The van der Waals surface area contributed by atoms with Crippen LogP contribution in [0.15, 0.2) is 0 Å². The Morgan fingerprint density at radius 2 is 1.62 bits per heavy atom. The van der Waals surface area contributed by atoms with E-state index in [0.717, 1.165) is 0 Å². The molecule has 0 fully saturated rings. The van der Waals surface area contributed by atoms with E-state index in [1.54, 1.807) is 0 Å². The van der Waals surface area contributed by atoms with E-state index in [9.17, 15) is 26.7 Å². The number of aliphatic carboxylic acids is 1. The van der Waals surface area contributed by atoms with E-state index in [-0.39, 0.29) is 0 Å². The van der Waals surface area contributed by atoms with Crippen LogP contribution in [0, 0.1) is 0 Å². The zero-order valence-electron chi connectivity index (χ0n) is 6.16. The molecule has 0 aromatic carbocycles. The summed E-state index contributed by atoms with van der Waals surface area (Å²) in [6, 6.07) is 0. The molecule has 0 aliphatic carbocycles. The molecule has 0 aliphatic rings. The molecule has 78 valence electrons. The predicted molar refractivity (Wildman–Crippen MR) is 31.5 cm³/mol. The molecule has 0 spiro atoms. The molecule has 0 unspecified atom stereocenters. The molecule has 0 rings (SSSR count). The van der Waals surface area contributed by atoms with Gasteiger partial charge in [0, 0.05) is 0 Å². The Morgan fingerprint density at radius 3 is 1.92 bits per heavy atom. The molecule has 0 saturated heterocycles. The molecule has 0 atom stereocenters. The van der Waals surface area contributed by atoms with Gasteiger partial charge in [-0.05, 0) is 0 Å². The summed E-state index contributed by atoms with van der Waals surface area (Å²) in [6.07, 6.45) is -4.63. The van der Waals surface area contributed by atoms with Gasteiger partial charge in [0.1, 0.15) is 0 Å². The number of nitrogens with one attached hydrogen (secondary N) is 1. The quantitative estimate of drug-likeness (QED) is 0.672. The number of hydrogen-bond acceptors (Lipinski definition) is 2. The molecule has 0 aromatic rings. The monoisotopic (exact) mass is 207 g/mol. The van der Waals surface area contributed by atoms with Crippen LogP contribution in [0.4, 0.5) is 22.0 Å². The normalized spacial score (nSPS) is 13.0. The highest BCUT2D eigenvalue weighted by Crippen LogP contribution is 2.15. The van der Waals surface area contributed by atoms with Crippen LogP contribution in [-0.4, -0.2) is 36.3 Å². The molecule has 0 aliphatic heterocycles. The molecule has 0 saturated carbocycles. The standard InChI is InChI=1S/C5H6F5NO2/c6-4(7,3(12)13)1-11-2-5(8,9)10/h11H,1-2H2,(H,12,13). The Labute approximate surface area is 69.5 Å². The van der Waals surface area contributed by atoms with Crippen molar-refractivity contribution in [2.45, 2.75) is 12.1 Å². The Morgan fingerprint density at radius 1 is 1.15 bits per heavy atom. The number of carboxylic acid groups (broad SMARTS) is 1. The van der Waals surface area contributed by atoms with Crippen molar-refractivity contribution in [3.05, 3.63) is 0 Å². The lowest BCUT2D eigenvalue weighted by molar-refractivity contribution is -0.166. The molecule has 3 nitrogen and oxygen atoms in total. The maximum Gasteiger partial charge on any atom is 0.401 e. The summed E-state index contributed by atoms with van der Waals surface area (Å²) in [4.78, 5) is 9.71. The average Bonchev–Trinajstić information content (AvgIpc) is 1.82.